The zero-order valence-corrected chi connectivity index (χ0v) is 6.56. The molecule has 6 nitrogen and oxygen atoms in total. The van der Waals surface area contributed by atoms with Crippen molar-refractivity contribution >= 4 is 12.5 Å². The van der Waals surface area contributed by atoms with Crippen molar-refractivity contribution in [2.24, 2.45) is 0 Å². The molecule has 0 spiro atoms. The predicted octanol–water partition coefficient (Wildman–Crippen LogP) is -1.06. The average Bonchev–Trinajstić information content (AvgIpc) is 2.07. The van der Waals surface area contributed by atoms with E-state index in [9.17, 15) is 9.59 Å². The molecule has 2 amide bonds. The highest BCUT2D eigenvalue weighted by Gasteiger charge is 2.21. The van der Waals surface area contributed by atoms with Gasteiger partial charge in [0.2, 0.25) is 6.41 Å². The highest BCUT2D eigenvalue weighted by atomic mass is 16.4. The lowest BCUT2D eigenvalue weighted by Gasteiger charge is -2.31. The van der Waals surface area contributed by atoms with Gasteiger partial charge in [-0.2, -0.15) is 5.01 Å². The van der Waals surface area contributed by atoms with Gasteiger partial charge < -0.3 is 10.4 Å². The standard InChI is InChI=1S/C6H11N3O3/c10-5-9(6(11)12)8-3-1-7-2-4-8/h5,7H,1-4H2,(H,11,12). The van der Waals surface area contributed by atoms with Crippen molar-refractivity contribution in [1.29, 1.82) is 0 Å². The van der Waals surface area contributed by atoms with Crippen LogP contribution in [0.5, 0.6) is 0 Å². The second kappa shape index (κ2) is 4.03. The highest BCUT2D eigenvalue weighted by Crippen LogP contribution is 1.97. The third kappa shape index (κ3) is 1.93. The van der Waals surface area contributed by atoms with Crippen LogP contribution >= 0.6 is 0 Å². The first-order valence-electron chi connectivity index (χ1n) is 3.68. The molecule has 1 aliphatic heterocycles. The third-order valence-corrected chi connectivity index (χ3v) is 1.69. The molecule has 1 fully saturated rings. The summed E-state index contributed by atoms with van der Waals surface area (Å²) >= 11 is 0. The summed E-state index contributed by atoms with van der Waals surface area (Å²) in [6.07, 6.45) is -0.917. The van der Waals surface area contributed by atoms with E-state index in [0.717, 1.165) is 0 Å². The lowest BCUT2D eigenvalue weighted by Crippen LogP contribution is -2.53. The van der Waals surface area contributed by atoms with Gasteiger partial charge in [0.05, 0.1) is 0 Å². The number of carbonyl (C=O) groups excluding carboxylic acids is 1. The minimum Gasteiger partial charge on any atom is -0.464 e. The molecule has 12 heavy (non-hydrogen) atoms. The number of nitrogens with zero attached hydrogens (tertiary/aromatic N) is 2. The predicted molar refractivity (Wildman–Crippen MR) is 40.4 cm³/mol. The first-order chi connectivity index (χ1) is 5.75. The van der Waals surface area contributed by atoms with E-state index in [0.29, 0.717) is 37.6 Å². The number of amides is 2. The quantitative estimate of drug-likeness (QED) is 0.521. The number of hydrogen-bond donors (Lipinski definition) is 2. The van der Waals surface area contributed by atoms with Crippen molar-refractivity contribution in [3.05, 3.63) is 0 Å². The Morgan fingerprint density at radius 2 is 2.08 bits per heavy atom. The van der Waals surface area contributed by atoms with Crippen LogP contribution in [-0.2, 0) is 4.79 Å². The maximum absolute atomic E-state index is 10.5. The number of rotatable bonds is 2. The number of piperazine rings is 1. The molecule has 0 aliphatic carbocycles. The highest BCUT2D eigenvalue weighted by molar-refractivity contribution is 5.77. The fourth-order valence-electron chi connectivity index (χ4n) is 1.10. The maximum atomic E-state index is 10.5. The fourth-order valence-corrected chi connectivity index (χ4v) is 1.10. The van der Waals surface area contributed by atoms with E-state index in [1.807, 2.05) is 0 Å². The summed E-state index contributed by atoms with van der Waals surface area (Å²) in [5.41, 5.74) is 0. The topological polar surface area (TPSA) is 72.9 Å². The monoisotopic (exact) mass is 173 g/mol. The van der Waals surface area contributed by atoms with Crippen molar-refractivity contribution in [3.8, 4) is 0 Å². The summed E-state index contributed by atoms with van der Waals surface area (Å²) in [7, 11) is 0. The third-order valence-electron chi connectivity index (χ3n) is 1.69. The van der Waals surface area contributed by atoms with E-state index >= 15 is 0 Å². The molecular weight excluding hydrogens is 162 g/mol. The molecule has 2 N–H and O–H groups in total. The smallest absolute Gasteiger partial charge is 0.429 e. The zero-order chi connectivity index (χ0) is 8.97. The first kappa shape index (κ1) is 8.95. The Bertz CT molecular complexity index is 179. The summed E-state index contributed by atoms with van der Waals surface area (Å²) in [4.78, 5) is 20.8. The fraction of sp³-hybridized carbons (Fsp3) is 0.667. The Balaban J connectivity index is 2.51. The van der Waals surface area contributed by atoms with Gasteiger partial charge in [-0.1, -0.05) is 0 Å². The number of carbonyl (C=O) groups is 2. The van der Waals surface area contributed by atoms with Gasteiger partial charge in [-0.05, 0) is 0 Å². The molecule has 6 heteroatoms. The number of hydrogen-bond acceptors (Lipinski definition) is 4. The maximum Gasteiger partial charge on any atom is 0.429 e. The lowest BCUT2D eigenvalue weighted by atomic mass is 10.4. The minimum atomic E-state index is -1.23. The van der Waals surface area contributed by atoms with Crippen molar-refractivity contribution in [2.75, 3.05) is 26.2 Å². The van der Waals surface area contributed by atoms with Crippen LogP contribution in [0.15, 0.2) is 0 Å². The molecule has 1 saturated heterocycles. The molecular formula is C6H11N3O3. The Labute approximate surface area is 69.7 Å². The van der Waals surface area contributed by atoms with Gasteiger partial charge in [-0.3, -0.25) is 4.79 Å². The molecule has 68 valence electrons. The van der Waals surface area contributed by atoms with E-state index < -0.39 is 6.09 Å². The average molecular weight is 173 g/mol. The van der Waals surface area contributed by atoms with Gasteiger partial charge in [0.1, 0.15) is 0 Å². The van der Waals surface area contributed by atoms with Crippen LogP contribution in [0.3, 0.4) is 0 Å². The summed E-state index contributed by atoms with van der Waals surface area (Å²) in [6.45, 7) is 2.51. The normalized spacial score (nSPS) is 18.7. The van der Waals surface area contributed by atoms with Crippen molar-refractivity contribution in [2.45, 2.75) is 0 Å². The second-order valence-corrected chi connectivity index (χ2v) is 2.44. The number of imide groups is 1. The van der Waals surface area contributed by atoms with Crippen LogP contribution in [0.1, 0.15) is 0 Å². The van der Waals surface area contributed by atoms with Gasteiger partial charge >= 0.3 is 6.09 Å². The van der Waals surface area contributed by atoms with Gasteiger partial charge in [-0.25, -0.2) is 9.80 Å². The van der Waals surface area contributed by atoms with E-state index in [-0.39, 0.29) is 0 Å². The van der Waals surface area contributed by atoms with Crippen molar-refractivity contribution < 1.29 is 14.7 Å². The van der Waals surface area contributed by atoms with E-state index in [1.165, 1.54) is 5.01 Å². The first-order valence-corrected chi connectivity index (χ1v) is 3.68. The van der Waals surface area contributed by atoms with Crippen LogP contribution in [0.4, 0.5) is 4.79 Å². The summed E-state index contributed by atoms with van der Waals surface area (Å²) < 4.78 is 0. The van der Waals surface area contributed by atoms with Gasteiger partial charge in [0, 0.05) is 26.2 Å². The molecule has 0 aromatic heterocycles. The van der Waals surface area contributed by atoms with Crippen LogP contribution in [-0.4, -0.2) is 53.8 Å². The molecule has 0 atom stereocenters. The molecule has 1 heterocycles. The summed E-state index contributed by atoms with van der Waals surface area (Å²) in [6, 6.07) is 0. The number of hydrazine groups is 1. The molecule has 0 radical (unpaired) electrons. The zero-order valence-electron chi connectivity index (χ0n) is 6.56. The largest absolute Gasteiger partial charge is 0.464 e. The molecule has 0 aromatic rings. The number of carboxylic acid groups (broad SMARTS) is 1. The van der Waals surface area contributed by atoms with E-state index in [2.05, 4.69) is 5.32 Å². The summed E-state index contributed by atoms with van der Waals surface area (Å²) in [5.74, 6) is 0. The Kier molecular flexibility index (Phi) is 3.01. The van der Waals surface area contributed by atoms with Gasteiger partial charge in [0.15, 0.2) is 0 Å². The molecule has 1 aliphatic rings. The Hall–Kier alpha value is -1.14. The SMILES string of the molecule is O=CN(C(=O)O)N1CCNCC1. The Morgan fingerprint density at radius 3 is 2.50 bits per heavy atom. The van der Waals surface area contributed by atoms with Gasteiger partial charge in [-0.15, -0.1) is 0 Å². The van der Waals surface area contributed by atoms with Gasteiger partial charge in [0.25, 0.3) is 0 Å². The van der Waals surface area contributed by atoms with E-state index in [1.54, 1.807) is 0 Å². The van der Waals surface area contributed by atoms with Crippen LogP contribution in [0, 0.1) is 0 Å². The van der Waals surface area contributed by atoms with E-state index in [4.69, 9.17) is 5.11 Å². The van der Waals surface area contributed by atoms with Crippen LogP contribution in [0.2, 0.25) is 0 Å². The summed E-state index contributed by atoms with van der Waals surface area (Å²) in [5, 5.41) is 13.8. The van der Waals surface area contributed by atoms with Crippen LogP contribution in [0.25, 0.3) is 0 Å². The molecule has 1 rings (SSSR count). The molecule has 0 unspecified atom stereocenters. The molecule has 0 aromatic carbocycles. The second-order valence-electron chi connectivity index (χ2n) is 2.44. The number of nitrogens with one attached hydrogen (secondary N) is 1. The van der Waals surface area contributed by atoms with Crippen LogP contribution < -0.4 is 5.32 Å². The minimum absolute atomic E-state index is 0.313. The van der Waals surface area contributed by atoms with Crippen molar-refractivity contribution in [1.82, 2.24) is 15.3 Å². The lowest BCUT2D eigenvalue weighted by molar-refractivity contribution is -0.130. The van der Waals surface area contributed by atoms with Crippen molar-refractivity contribution in [3.63, 3.8) is 0 Å². The molecule has 0 bridgehead atoms. The Morgan fingerprint density at radius 1 is 1.50 bits per heavy atom. The molecule has 0 saturated carbocycles.